The van der Waals surface area contributed by atoms with Crippen LogP contribution in [0.15, 0.2) is 24.4 Å². The maximum atomic E-state index is 14.5. The van der Waals surface area contributed by atoms with E-state index in [-0.39, 0.29) is 23.0 Å². The molecule has 1 unspecified atom stereocenters. The van der Waals surface area contributed by atoms with Gasteiger partial charge in [-0.1, -0.05) is 11.3 Å². The molecule has 1 aliphatic heterocycles. The van der Waals surface area contributed by atoms with Gasteiger partial charge in [0.2, 0.25) is 0 Å². The van der Waals surface area contributed by atoms with Gasteiger partial charge in [-0.2, -0.15) is 0 Å². The number of methoxy groups -OCH3 is 1. The van der Waals surface area contributed by atoms with E-state index < -0.39 is 22.4 Å². The number of rotatable bonds is 4. The van der Waals surface area contributed by atoms with Gasteiger partial charge < -0.3 is 10.1 Å². The molecule has 0 saturated heterocycles. The van der Waals surface area contributed by atoms with E-state index in [0.29, 0.717) is 29.2 Å². The number of thiocarbonyl (C=S) groups is 1. The lowest BCUT2D eigenvalue weighted by Crippen LogP contribution is -2.22. The lowest BCUT2D eigenvalue weighted by molar-refractivity contribution is 0.392. The summed E-state index contributed by atoms with van der Waals surface area (Å²) < 4.78 is 46.5. The molecule has 0 fully saturated rings. The summed E-state index contributed by atoms with van der Waals surface area (Å²) in [6.07, 6.45) is 3.57. The first kappa shape index (κ1) is 18.6. The van der Waals surface area contributed by atoms with Crippen LogP contribution in [0.25, 0.3) is 11.3 Å². The molecule has 0 bridgehead atoms. The Kier molecular flexibility index (Phi) is 5.72. The molecule has 1 aromatic heterocycles. The van der Waals surface area contributed by atoms with Gasteiger partial charge in [0, 0.05) is 40.0 Å². The van der Waals surface area contributed by atoms with Crippen LogP contribution in [0.1, 0.15) is 17.7 Å². The summed E-state index contributed by atoms with van der Waals surface area (Å²) >= 11 is 4.86. The number of allylic oxidation sites excluding steroid dienone is 1. The number of nitrogens with zero attached hydrogens (tertiary/aromatic N) is 3. The number of ether oxygens (including phenoxy) is 1. The molecular weight excluding hydrogens is 382 g/mol. The number of benzene rings is 1. The van der Waals surface area contributed by atoms with Crippen LogP contribution in [0.4, 0.5) is 8.78 Å². The van der Waals surface area contributed by atoms with Crippen LogP contribution < -0.4 is 5.32 Å². The van der Waals surface area contributed by atoms with Crippen molar-refractivity contribution in [3.8, 4) is 5.69 Å². The number of hydrogen-bond acceptors (Lipinski definition) is 5. The van der Waals surface area contributed by atoms with Crippen molar-refractivity contribution in [2.75, 3.05) is 18.6 Å². The Morgan fingerprint density at radius 1 is 1.42 bits per heavy atom. The van der Waals surface area contributed by atoms with E-state index in [1.54, 1.807) is 12.3 Å². The largest absolute Gasteiger partial charge is 0.474 e. The Hall–Kier alpha value is -2.20. The highest BCUT2D eigenvalue weighted by Crippen LogP contribution is 2.29. The highest BCUT2D eigenvalue weighted by atomic mass is 32.2. The third kappa shape index (κ3) is 4.13. The lowest BCUT2D eigenvalue weighted by Gasteiger charge is -2.15. The van der Waals surface area contributed by atoms with E-state index in [1.165, 1.54) is 23.9 Å². The average molecular weight is 398 g/mol. The zero-order valence-corrected chi connectivity index (χ0v) is 15.5. The second kappa shape index (κ2) is 8.00. The lowest BCUT2D eigenvalue weighted by atomic mass is 10.0. The van der Waals surface area contributed by atoms with E-state index in [4.69, 9.17) is 17.0 Å². The van der Waals surface area contributed by atoms with Crippen LogP contribution in [0, 0.1) is 11.6 Å². The molecule has 2 heterocycles. The van der Waals surface area contributed by atoms with Crippen LogP contribution in [0.5, 0.6) is 0 Å². The minimum atomic E-state index is -0.953. The van der Waals surface area contributed by atoms with E-state index in [9.17, 15) is 13.0 Å². The van der Waals surface area contributed by atoms with Crippen LogP contribution in [-0.2, 0) is 22.1 Å². The van der Waals surface area contributed by atoms with Gasteiger partial charge in [0.25, 0.3) is 5.17 Å². The van der Waals surface area contributed by atoms with Gasteiger partial charge in [0.15, 0.2) is 0 Å². The first-order valence-corrected chi connectivity index (χ1v) is 9.64. The molecule has 2 aromatic rings. The Balaban J connectivity index is 1.83. The second-order valence-electron chi connectivity index (χ2n) is 5.57. The Morgan fingerprint density at radius 2 is 2.15 bits per heavy atom. The molecule has 0 aliphatic carbocycles. The Bertz CT molecular complexity index is 875. The third-order valence-electron chi connectivity index (χ3n) is 3.87. The van der Waals surface area contributed by atoms with Gasteiger partial charge in [0.1, 0.15) is 17.3 Å². The standard InChI is InChI=1S/C16H16F2N4O2S2/c1-24-16(25)19-8-11-9-22(21-20-11)12-6-13(17)15(14(18)7-12)10-2-4-26(23)5-3-10/h2,6-7,9H,3-5,8H2,1H3,(H,19,25). The summed E-state index contributed by atoms with van der Waals surface area (Å²) in [5.41, 5.74) is 1.23. The van der Waals surface area contributed by atoms with Gasteiger partial charge in [0.05, 0.1) is 25.5 Å². The highest BCUT2D eigenvalue weighted by molar-refractivity contribution is 7.85. The molecule has 1 aromatic carbocycles. The van der Waals surface area contributed by atoms with E-state index in [2.05, 4.69) is 15.6 Å². The molecule has 10 heteroatoms. The first-order chi connectivity index (χ1) is 12.5. The summed E-state index contributed by atoms with van der Waals surface area (Å²) in [5.74, 6) is -0.641. The van der Waals surface area contributed by atoms with Gasteiger partial charge in [-0.3, -0.25) is 4.21 Å². The molecule has 0 amide bonds. The van der Waals surface area contributed by atoms with Crippen LogP contribution in [-0.4, -0.2) is 43.0 Å². The van der Waals surface area contributed by atoms with Crippen LogP contribution in [0.3, 0.4) is 0 Å². The smallest absolute Gasteiger partial charge is 0.256 e. The van der Waals surface area contributed by atoms with Crippen molar-refractivity contribution in [3.63, 3.8) is 0 Å². The van der Waals surface area contributed by atoms with Crippen molar-refractivity contribution in [1.29, 1.82) is 0 Å². The summed E-state index contributed by atoms with van der Waals surface area (Å²) in [6, 6.07) is 2.41. The molecule has 0 radical (unpaired) electrons. The van der Waals surface area contributed by atoms with Crippen molar-refractivity contribution >= 4 is 33.8 Å². The Morgan fingerprint density at radius 3 is 2.77 bits per heavy atom. The number of hydrogen-bond donors (Lipinski definition) is 1. The van der Waals surface area contributed by atoms with Crippen molar-refractivity contribution in [1.82, 2.24) is 20.3 Å². The normalized spacial score (nSPS) is 16.9. The molecule has 0 spiro atoms. The van der Waals surface area contributed by atoms with Gasteiger partial charge >= 0.3 is 0 Å². The Labute approximate surface area is 156 Å². The second-order valence-corrected chi connectivity index (χ2v) is 7.57. The zero-order chi connectivity index (χ0) is 18.7. The summed E-state index contributed by atoms with van der Waals surface area (Å²) in [4.78, 5) is 0. The van der Waals surface area contributed by atoms with E-state index in [0.717, 1.165) is 0 Å². The zero-order valence-electron chi connectivity index (χ0n) is 13.9. The fraction of sp³-hybridized carbons (Fsp3) is 0.312. The van der Waals surface area contributed by atoms with Gasteiger partial charge in [-0.25, -0.2) is 13.5 Å². The minimum Gasteiger partial charge on any atom is -0.474 e. The predicted octanol–water partition coefficient (Wildman–Crippen LogP) is 2.10. The third-order valence-corrected chi connectivity index (χ3v) is 5.38. The van der Waals surface area contributed by atoms with Crippen molar-refractivity contribution < 1.29 is 17.7 Å². The van der Waals surface area contributed by atoms with Gasteiger partial charge in [-0.15, -0.1) is 5.10 Å². The number of aromatic nitrogens is 3. The quantitative estimate of drug-likeness (QED) is 0.796. The number of nitrogens with one attached hydrogen (secondary N) is 1. The maximum absolute atomic E-state index is 14.5. The summed E-state index contributed by atoms with van der Waals surface area (Å²) in [5, 5.41) is 10.8. The minimum absolute atomic E-state index is 0.0714. The van der Waals surface area contributed by atoms with Crippen molar-refractivity contribution in [2.45, 2.75) is 13.0 Å². The fourth-order valence-electron chi connectivity index (χ4n) is 2.57. The number of halogens is 2. The topological polar surface area (TPSA) is 69.0 Å². The first-order valence-electron chi connectivity index (χ1n) is 7.74. The highest BCUT2D eigenvalue weighted by Gasteiger charge is 2.19. The predicted molar refractivity (Wildman–Crippen MR) is 98.2 cm³/mol. The van der Waals surface area contributed by atoms with Crippen LogP contribution >= 0.6 is 12.2 Å². The molecule has 1 aliphatic rings. The van der Waals surface area contributed by atoms with E-state index in [1.807, 2.05) is 0 Å². The average Bonchev–Trinajstić information content (AvgIpc) is 3.09. The van der Waals surface area contributed by atoms with Crippen molar-refractivity contribution in [3.05, 3.63) is 47.3 Å². The molecule has 6 nitrogen and oxygen atoms in total. The molecular formula is C16H16F2N4O2S2. The SMILES string of the molecule is COC(=S)NCc1cn(-c2cc(F)c(C3=CCS(=O)CC3)c(F)c2)nn1. The molecule has 0 saturated carbocycles. The summed E-state index contributed by atoms with van der Waals surface area (Å²) in [6.45, 7) is 0.278. The van der Waals surface area contributed by atoms with Crippen LogP contribution in [0.2, 0.25) is 0 Å². The maximum Gasteiger partial charge on any atom is 0.256 e. The molecule has 1 N–H and O–H groups in total. The molecule has 26 heavy (non-hydrogen) atoms. The van der Waals surface area contributed by atoms with Crippen molar-refractivity contribution in [2.24, 2.45) is 0 Å². The molecule has 1 atom stereocenters. The molecule has 138 valence electrons. The fourth-order valence-corrected chi connectivity index (χ4v) is 3.64. The summed E-state index contributed by atoms with van der Waals surface area (Å²) in [7, 11) is 0.490. The molecule has 3 rings (SSSR count). The van der Waals surface area contributed by atoms with E-state index >= 15 is 0 Å². The van der Waals surface area contributed by atoms with Gasteiger partial charge in [-0.05, 0) is 24.2 Å². The monoisotopic (exact) mass is 398 g/mol.